The van der Waals surface area contributed by atoms with Gasteiger partial charge in [0.25, 0.3) is 0 Å². The van der Waals surface area contributed by atoms with E-state index in [1.165, 1.54) is 0 Å². The molecular formula is C8H10N6. The van der Waals surface area contributed by atoms with Crippen LogP contribution in [0.2, 0.25) is 0 Å². The van der Waals surface area contributed by atoms with Gasteiger partial charge < -0.3 is 10.7 Å². The van der Waals surface area contributed by atoms with Crippen molar-refractivity contribution in [3.8, 4) is 0 Å². The molecule has 0 bridgehead atoms. The number of aliphatic imine (C=N–C) groups is 1. The van der Waals surface area contributed by atoms with E-state index in [0.717, 1.165) is 5.82 Å². The molecule has 0 aliphatic heterocycles. The van der Waals surface area contributed by atoms with Crippen LogP contribution < -0.4 is 5.73 Å². The number of aromatic nitrogens is 4. The minimum Gasteiger partial charge on any atom is -0.380 e. The van der Waals surface area contributed by atoms with Gasteiger partial charge in [-0.05, 0) is 13.8 Å². The highest BCUT2D eigenvalue weighted by atomic mass is 15.1. The number of imidazole rings is 1. The Hall–Kier alpha value is -1.98. The molecule has 3 N–H and O–H groups in total. The van der Waals surface area contributed by atoms with E-state index < -0.39 is 0 Å². The maximum atomic E-state index is 5.65. The standard InChI is InChI=1S/C8H10N6/c1-3-10-6-5(9)13-7-8(14-6)12-4(2)11-7/h3H,1-2H3,(H3,9,11,12,13,14)/b10-3+. The van der Waals surface area contributed by atoms with Crippen LogP contribution >= 0.6 is 0 Å². The summed E-state index contributed by atoms with van der Waals surface area (Å²) in [6.45, 7) is 3.63. The van der Waals surface area contributed by atoms with Gasteiger partial charge in [-0.15, -0.1) is 0 Å². The second-order valence-corrected chi connectivity index (χ2v) is 2.81. The number of aryl methyl sites for hydroxylation is 1. The lowest BCUT2D eigenvalue weighted by atomic mass is 10.5. The van der Waals surface area contributed by atoms with Crippen LogP contribution in [0.15, 0.2) is 4.99 Å². The molecule has 0 amide bonds. The summed E-state index contributed by atoms with van der Waals surface area (Å²) in [4.78, 5) is 19.3. The van der Waals surface area contributed by atoms with Gasteiger partial charge in [0.05, 0.1) is 0 Å². The largest absolute Gasteiger partial charge is 0.380 e. The number of nitrogens with two attached hydrogens (primary N) is 1. The van der Waals surface area contributed by atoms with Gasteiger partial charge in [-0.1, -0.05) is 0 Å². The first-order valence-corrected chi connectivity index (χ1v) is 4.19. The van der Waals surface area contributed by atoms with E-state index in [2.05, 4.69) is 24.9 Å². The first-order valence-electron chi connectivity index (χ1n) is 4.19. The summed E-state index contributed by atoms with van der Waals surface area (Å²) in [5.41, 5.74) is 6.78. The Labute approximate surface area is 80.3 Å². The average Bonchev–Trinajstić information content (AvgIpc) is 2.45. The first-order chi connectivity index (χ1) is 6.70. The van der Waals surface area contributed by atoms with Crippen molar-refractivity contribution >= 4 is 29.1 Å². The van der Waals surface area contributed by atoms with Gasteiger partial charge in [-0.2, -0.15) is 0 Å². The molecule has 2 aromatic rings. The maximum Gasteiger partial charge on any atom is 0.199 e. The molecule has 2 aromatic heterocycles. The highest BCUT2D eigenvalue weighted by molar-refractivity contribution is 5.74. The Balaban J connectivity index is 2.69. The fraction of sp³-hybridized carbons (Fsp3) is 0.250. The van der Waals surface area contributed by atoms with E-state index in [1.54, 1.807) is 13.1 Å². The van der Waals surface area contributed by atoms with Gasteiger partial charge in [0, 0.05) is 6.21 Å². The van der Waals surface area contributed by atoms with Crippen molar-refractivity contribution < 1.29 is 0 Å². The molecule has 0 aromatic carbocycles. The third kappa shape index (κ3) is 1.30. The predicted octanol–water partition coefficient (Wildman–Crippen LogP) is 0.966. The maximum absolute atomic E-state index is 5.65. The Morgan fingerprint density at radius 3 is 2.86 bits per heavy atom. The van der Waals surface area contributed by atoms with Crippen LogP contribution in [-0.4, -0.2) is 26.2 Å². The van der Waals surface area contributed by atoms with Gasteiger partial charge in [-0.25, -0.2) is 19.9 Å². The highest BCUT2D eigenvalue weighted by Crippen LogP contribution is 2.19. The molecule has 72 valence electrons. The summed E-state index contributed by atoms with van der Waals surface area (Å²) < 4.78 is 0. The topological polar surface area (TPSA) is 92.8 Å². The van der Waals surface area contributed by atoms with Gasteiger partial charge >= 0.3 is 0 Å². The van der Waals surface area contributed by atoms with Gasteiger partial charge in [0.15, 0.2) is 22.9 Å². The molecule has 0 aliphatic rings. The van der Waals surface area contributed by atoms with Crippen LogP contribution in [0.25, 0.3) is 11.3 Å². The third-order valence-corrected chi connectivity index (χ3v) is 1.71. The molecular weight excluding hydrogens is 180 g/mol. The monoisotopic (exact) mass is 190 g/mol. The van der Waals surface area contributed by atoms with Crippen LogP contribution in [0.4, 0.5) is 11.6 Å². The molecule has 0 fully saturated rings. The Bertz CT molecular complexity index is 498. The predicted molar refractivity (Wildman–Crippen MR) is 54.7 cm³/mol. The Kier molecular flexibility index (Phi) is 1.88. The summed E-state index contributed by atoms with van der Waals surface area (Å²) >= 11 is 0. The van der Waals surface area contributed by atoms with E-state index in [1.807, 2.05) is 6.92 Å². The minimum absolute atomic E-state index is 0.305. The molecule has 0 unspecified atom stereocenters. The smallest absolute Gasteiger partial charge is 0.199 e. The molecule has 0 aliphatic carbocycles. The number of fused-ring (bicyclic) bond motifs is 1. The number of rotatable bonds is 1. The van der Waals surface area contributed by atoms with Gasteiger partial charge in [0.1, 0.15) is 5.82 Å². The van der Waals surface area contributed by atoms with E-state index in [0.29, 0.717) is 22.9 Å². The fourth-order valence-electron chi connectivity index (χ4n) is 1.17. The van der Waals surface area contributed by atoms with Crippen LogP contribution in [0.1, 0.15) is 12.7 Å². The molecule has 14 heavy (non-hydrogen) atoms. The Morgan fingerprint density at radius 2 is 2.14 bits per heavy atom. The lowest BCUT2D eigenvalue weighted by molar-refractivity contribution is 1.16. The van der Waals surface area contributed by atoms with Crippen LogP contribution in [-0.2, 0) is 0 Å². The summed E-state index contributed by atoms with van der Waals surface area (Å²) in [6, 6.07) is 0. The van der Waals surface area contributed by atoms with Crippen molar-refractivity contribution in [3.05, 3.63) is 5.82 Å². The van der Waals surface area contributed by atoms with Crippen LogP contribution in [0, 0.1) is 6.92 Å². The van der Waals surface area contributed by atoms with Crippen molar-refractivity contribution in [2.75, 3.05) is 5.73 Å². The molecule has 2 rings (SSSR count). The zero-order chi connectivity index (χ0) is 10.1. The van der Waals surface area contributed by atoms with Crippen LogP contribution in [0.3, 0.4) is 0 Å². The minimum atomic E-state index is 0.305. The molecule has 6 heteroatoms. The summed E-state index contributed by atoms with van der Waals surface area (Å²) in [5.74, 6) is 1.47. The first kappa shape index (κ1) is 8.61. The fourth-order valence-corrected chi connectivity index (χ4v) is 1.17. The molecule has 0 saturated carbocycles. The van der Waals surface area contributed by atoms with E-state index in [4.69, 9.17) is 5.73 Å². The number of aromatic amines is 1. The number of H-pyrrole nitrogens is 1. The number of hydrogen-bond donors (Lipinski definition) is 2. The summed E-state index contributed by atoms with van der Waals surface area (Å²) in [5, 5.41) is 0. The quantitative estimate of drug-likeness (QED) is 0.655. The normalized spacial score (nSPS) is 11.6. The number of nitrogens with one attached hydrogen (secondary N) is 1. The van der Waals surface area contributed by atoms with Gasteiger partial charge in [0.2, 0.25) is 0 Å². The summed E-state index contributed by atoms with van der Waals surface area (Å²) in [6.07, 6.45) is 1.62. The second kappa shape index (κ2) is 3.06. The molecule has 2 heterocycles. The van der Waals surface area contributed by atoms with Crippen molar-refractivity contribution in [3.63, 3.8) is 0 Å². The van der Waals surface area contributed by atoms with Crippen LogP contribution in [0.5, 0.6) is 0 Å². The molecule has 0 saturated heterocycles. The van der Waals surface area contributed by atoms with Crippen molar-refractivity contribution in [1.82, 2.24) is 19.9 Å². The van der Waals surface area contributed by atoms with Gasteiger partial charge in [-0.3, -0.25) is 0 Å². The van der Waals surface area contributed by atoms with E-state index in [-0.39, 0.29) is 0 Å². The Morgan fingerprint density at radius 1 is 1.36 bits per heavy atom. The zero-order valence-corrected chi connectivity index (χ0v) is 7.94. The number of nitrogens with zero attached hydrogens (tertiary/aromatic N) is 4. The van der Waals surface area contributed by atoms with E-state index >= 15 is 0 Å². The lowest BCUT2D eigenvalue weighted by Gasteiger charge is -1.96. The summed E-state index contributed by atoms with van der Waals surface area (Å²) in [7, 11) is 0. The van der Waals surface area contributed by atoms with E-state index in [9.17, 15) is 0 Å². The number of hydrogen-bond acceptors (Lipinski definition) is 5. The zero-order valence-electron chi connectivity index (χ0n) is 7.94. The van der Waals surface area contributed by atoms with Crippen molar-refractivity contribution in [1.29, 1.82) is 0 Å². The third-order valence-electron chi connectivity index (χ3n) is 1.71. The lowest BCUT2D eigenvalue weighted by Crippen LogP contribution is -1.94. The second-order valence-electron chi connectivity index (χ2n) is 2.81. The van der Waals surface area contributed by atoms with Crippen molar-refractivity contribution in [2.24, 2.45) is 4.99 Å². The number of nitrogen functional groups attached to an aromatic ring is 1. The highest BCUT2D eigenvalue weighted by Gasteiger charge is 2.07. The molecule has 6 nitrogen and oxygen atoms in total. The molecule has 0 spiro atoms. The number of anilines is 1. The average molecular weight is 190 g/mol. The SMILES string of the molecule is C/C=N/c1nc2nc(C)[nH]c2nc1N. The van der Waals surface area contributed by atoms with Crippen molar-refractivity contribution in [2.45, 2.75) is 13.8 Å². The molecule has 0 atom stereocenters. The molecule has 0 radical (unpaired) electrons.